The molecule has 0 bridgehead atoms. The summed E-state index contributed by atoms with van der Waals surface area (Å²) >= 11 is 1.23. The fourth-order valence-corrected chi connectivity index (χ4v) is 3.84. The first-order valence-corrected chi connectivity index (χ1v) is 8.84. The summed E-state index contributed by atoms with van der Waals surface area (Å²) in [7, 11) is 5.75. The zero-order valence-corrected chi connectivity index (χ0v) is 14.6. The number of benzene rings is 2. The minimum absolute atomic E-state index is 0.0668. The lowest BCUT2D eigenvalue weighted by Gasteiger charge is -2.08. The Labute approximate surface area is 156 Å². The average molecular weight is 385 g/mol. The molecule has 2 radical (unpaired) electrons. The van der Waals surface area contributed by atoms with Gasteiger partial charge in [0.25, 0.3) is 5.56 Å². The molecule has 0 saturated carbocycles. The third-order valence-corrected chi connectivity index (χ3v) is 5.20. The smallest absolute Gasteiger partial charge is 0.267 e. The van der Waals surface area contributed by atoms with E-state index in [-0.39, 0.29) is 23.9 Å². The number of hydrogen-bond donors (Lipinski definition) is 0. The molecule has 0 N–H and O–H groups in total. The van der Waals surface area contributed by atoms with Crippen molar-refractivity contribution < 1.29 is 13.2 Å². The van der Waals surface area contributed by atoms with Gasteiger partial charge in [-0.2, -0.15) is 18.3 Å². The van der Waals surface area contributed by atoms with E-state index >= 15 is 0 Å². The van der Waals surface area contributed by atoms with Gasteiger partial charge < -0.3 is 0 Å². The van der Waals surface area contributed by atoms with E-state index in [4.69, 9.17) is 7.85 Å². The van der Waals surface area contributed by atoms with Crippen molar-refractivity contribution in [3.05, 3.63) is 69.1 Å². The van der Waals surface area contributed by atoms with Crippen LogP contribution in [0.4, 0.5) is 13.2 Å². The van der Waals surface area contributed by atoms with Crippen molar-refractivity contribution in [1.82, 2.24) is 14.8 Å². The standard InChI is InChI=1S/C18H11BF3N3OS/c19-8-14-11-3-1-2-4-12(11)17(26)25(24-14)9-16-23-13-7-10(18(20,21)22)5-6-15(13)27-16/h1-7H,8-9H2. The summed E-state index contributed by atoms with van der Waals surface area (Å²) in [4.78, 5) is 16.9. The first kappa shape index (κ1) is 17.7. The van der Waals surface area contributed by atoms with Crippen LogP contribution >= 0.6 is 11.3 Å². The lowest BCUT2D eigenvalue weighted by atomic mass is 9.98. The number of rotatable bonds is 3. The van der Waals surface area contributed by atoms with E-state index < -0.39 is 11.7 Å². The molecule has 27 heavy (non-hydrogen) atoms. The van der Waals surface area contributed by atoms with E-state index in [1.54, 1.807) is 24.3 Å². The molecule has 2 aromatic carbocycles. The molecule has 4 rings (SSSR count). The number of fused-ring (bicyclic) bond motifs is 2. The maximum Gasteiger partial charge on any atom is 0.416 e. The Morgan fingerprint density at radius 1 is 1.11 bits per heavy atom. The van der Waals surface area contributed by atoms with Crippen molar-refractivity contribution in [2.24, 2.45) is 0 Å². The molecule has 0 aliphatic heterocycles. The van der Waals surface area contributed by atoms with Gasteiger partial charge in [0.2, 0.25) is 0 Å². The highest BCUT2D eigenvalue weighted by atomic mass is 32.1. The third-order valence-electron chi connectivity index (χ3n) is 4.18. The lowest BCUT2D eigenvalue weighted by molar-refractivity contribution is -0.137. The average Bonchev–Trinajstić information content (AvgIpc) is 3.05. The maximum absolute atomic E-state index is 12.9. The van der Waals surface area contributed by atoms with Gasteiger partial charge in [0, 0.05) is 5.39 Å². The number of alkyl halides is 3. The molecule has 0 spiro atoms. The Morgan fingerprint density at radius 3 is 2.56 bits per heavy atom. The van der Waals surface area contributed by atoms with Crippen LogP contribution in [0.3, 0.4) is 0 Å². The number of aromatic nitrogens is 3. The molecule has 2 aromatic heterocycles. The first-order valence-electron chi connectivity index (χ1n) is 8.02. The second-order valence-corrected chi connectivity index (χ2v) is 7.06. The largest absolute Gasteiger partial charge is 0.416 e. The molecule has 0 aliphatic rings. The third kappa shape index (κ3) is 3.23. The molecular weight excluding hydrogens is 374 g/mol. The number of hydrogen-bond acceptors (Lipinski definition) is 4. The van der Waals surface area contributed by atoms with Crippen molar-refractivity contribution in [3.8, 4) is 0 Å². The highest BCUT2D eigenvalue weighted by molar-refractivity contribution is 7.18. The minimum atomic E-state index is -4.43. The Kier molecular flexibility index (Phi) is 4.26. The van der Waals surface area contributed by atoms with Gasteiger partial charge >= 0.3 is 6.18 Å². The van der Waals surface area contributed by atoms with Gasteiger partial charge in [-0.3, -0.25) is 4.79 Å². The fourth-order valence-electron chi connectivity index (χ4n) is 2.91. The van der Waals surface area contributed by atoms with Crippen molar-refractivity contribution in [2.75, 3.05) is 0 Å². The van der Waals surface area contributed by atoms with Crippen molar-refractivity contribution in [1.29, 1.82) is 0 Å². The highest BCUT2D eigenvalue weighted by Gasteiger charge is 2.30. The quantitative estimate of drug-likeness (QED) is 0.505. The van der Waals surface area contributed by atoms with Crippen LogP contribution in [0.2, 0.25) is 0 Å². The monoisotopic (exact) mass is 385 g/mol. The summed E-state index contributed by atoms with van der Waals surface area (Å²) in [6, 6.07) is 10.5. The van der Waals surface area contributed by atoms with Crippen LogP contribution in [-0.4, -0.2) is 22.6 Å². The summed E-state index contributed by atoms with van der Waals surface area (Å²) in [5, 5.41) is 5.99. The Balaban J connectivity index is 1.78. The van der Waals surface area contributed by atoms with Crippen LogP contribution < -0.4 is 5.56 Å². The molecule has 0 saturated heterocycles. The summed E-state index contributed by atoms with van der Waals surface area (Å²) in [6.07, 6.45) is -4.26. The van der Waals surface area contributed by atoms with Crippen molar-refractivity contribution >= 4 is 40.2 Å². The van der Waals surface area contributed by atoms with Crippen LogP contribution in [0.15, 0.2) is 47.3 Å². The van der Waals surface area contributed by atoms with E-state index in [0.29, 0.717) is 26.2 Å². The van der Waals surface area contributed by atoms with Gasteiger partial charge in [0.05, 0.1) is 41.3 Å². The predicted molar refractivity (Wildman–Crippen MR) is 99.2 cm³/mol. The second-order valence-electron chi connectivity index (χ2n) is 5.95. The normalized spacial score (nSPS) is 12.1. The molecule has 4 aromatic rings. The molecule has 9 heteroatoms. The summed E-state index contributed by atoms with van der Waals surface area (Å²) in [5.41, 5.74) is -0.223. The maximum atomic E-state index is 12.9. The van der Waals surface area contributed by atoms with Gasteiger partial charge in [0.15, 0.2) is 0 Å². The topological polar surface area (TPSA) is 47.8 Å². The zero-order valence-electron chi connectivity index (χ0n) is 13.8. The van der Waals surface area contributed by atoms with E-state index in [1.165, 1.54) is 22.1 Å². The van der Waals surface area contributed by atoms with Crippen molar-refractivity contribution in [2.45, 2.75) is 19.0 Å². The van der Waals surface area contributed by atoms with Gasteiger partial charge in [-0.25, -0.2) is 9.67 Å². The van der Waals surface area contributed by atoms with E-state index in [9.17, 15) is 18.0 Å². The molecule has 0 unspecified atom stereocenters. The van der Waals surface area contributed by atoms with Crippen LogP contribution in [-0.2, 0) is 19.0 Å². The molecule has 0 aliphatic carbocycles. The van der Waals surface area contributed by atoms with E-state index in [0.717, 1.165) is 12.1 Å². The first-order chi connectivity index (χ1) is 12.9. The van der Waals surface area contributed by atoms with Crippen LogP contribution in [0.1, 0.15) is 16.3 Å². The summed E-state index contributed by atoms with van der Waals surface area (Å²) < 4.78 is 40.5. The molecule has 4 nitrogen and oxygen atoms in total. The van der Waals surface area contributed by atoms with Gasteiger partial charge in [-0.1, -0.05) is 18.2 Å². The second kappa shape index (κ2) is 6.49. The van der Waals surface area contributed by atoms with Crippen molar-refractivity contribution in [3.63, 3.8) is 0 Å². The number of halogens is 3. The molecule has 0 atom stereocenters. The van der Waals surface area contributed by atoms with Gasteiger partial charge in [-0.15, -0.1) is 11.3 Å². The molecule has 0 amide bonds. The summed E-state index contributed by atoms with van der Waals surface area (Å²) in [6.45, 7) is 0.0668. The molecule has 0 fully saturated rings. The van der Waals surface area contributed by atoms with Crippen LogP contribution in [0.25, 0.3) is 21.0 Å². The Morgan fingerprint density at radius 2 is 1.85 bits per heavy atom. The minimum Gasteiger partial charge on any atom is -0.267 e. The van der Waals surface area contributed by atoms with E-state index in [1.807, 2.05) is 0 Å². The molecule has 2 heterocycles. The summed E-state index contributed by atoms with van der Waals surface area (Å²) in [5.74, 6) is 0. The predicted octanol–water partition coefficient (Wildman–Crippen LogP) is 3.74. The van der Waals surface area contributed by atoms with Crippen LogP contribution in [0.5, 0.6) is 0 Å². The Bertz CT molecular complexity index is 1220. The number of thiazole rings is 1. The zero-order chi connectivity index (χ0) is 19.2. The SMILES string of the molecule is [B]Cc1nn(Cc2nc3cc(C(F)(F)F)ccc3s2)c(=O)c2ccccc12. The van der Waals surface area contributed by atoms with E-state index in [2.05, 4.69) is 10.1 Å². The van der Waals surface area contributed by atoms with Gasteiger partial charge in [0.1, 0.15) is 5.01 Å². The van der Waals surface area contributed by atoms with Crippen LogP contribution in [0, 0.1) is 0 Å². The molecular formula is C18H11BF3N3OS. The van der Waals surface area contributed by atoms with Gasteiger partial charge in [-0.05, 0) is 30.6 Å². The molecule has 134 valence electrons. The fraction of sp³-hybridized carbons (Fsp3) is 0.167. The highest BCUT2D eigenvalue weighted by Crippen LogP contribution is 2.33. The Hall–Kier alpha value is -2.68. The lowest BCUT2D eigenvalue weighted by Crippen LogP contribution is -2.25. The number of nitrogens with zero attached hydrogens (tertiary/aromatic N) is 3.